The van der Waals surface area contributed by atoms with Crippen LogP contribution in [0.3, 0.4) is 0 Å². The topological polar surface area (TPSA) is 98.7 Å². The first-order valence-corrected chi connectivity index (χ1v) is 13.0. The first-order chi connectivity index (χ1) is 16.7. The standard InChI is InChI=1S/C27H36FN3O4S/c1-14-10-11-36-23(14)18-8-9-19(15(2)12-18)16(3)29-25(34)22-21(28)20(33)13-31(22)26(35)24(27(5,6)7)30-17(4)32/h8-12,16,20-22,24,33H,13H2,1-7H3,(H,29,34)(H,30,32)/t16-,20-,21-,22-,24+/m0/s1. The van der Waals surface area contributed by atoms with Gasteiger partial charge in [0.25, 0.3) is 0 Å². The summed E-state index contributed by atoms with van der Waals surface area (Å²) in [5, 5.41) is 17.7. The van der Waals surface area contributed by atoms with E-state index in [1.54, 1.807) is 39.0 Å². The number of benzene rings is 1. The Morgan fingerprint density at radius 2 is 1.81 bits per heavy atom. The van der Waals surface area contributed by atoms with Gasteiger partial charge in [0, 0.05) is 11.8 Å². The number of aliphatic hydroxyl groups is 1. The summed E-state index contributed by atoms with van der Waals surface area (Å²) in [7, 11) is 0. The fraction of sp³-hybridized carbons (Fsp3) is 0.519. The average Bonchev–Trinajstić information content (AvgIpc) is 3.33. The number of hydrogen-bond donors (Lipinski definition) is 3. The van der Waals surface area contributed by atoms with Crippen molar-refractivity contribution in [1.82, 2.24) is 15.5 Å². The van der Waals surface area contributed by atoms with Gasteiger partial charge in [-0.1, -0.05) is 39.0 Å². The Kier molecular flexibility index (Phi) is 8.25. The van der Waals surface area contributed by atoms with E-state index in [0.717, 1.165) is 21.6 Å². The van der Waals surface area contributed by atoms with Crippen LogP contribution in [0.15, 0.2) is 29.6 Å². The van der Waals surface area contributed by atoms with Crippen molar-refractivity contribution >= 4 is 29.1 Å². The van der Waals surface area contributed by atoms with Gasteiger partial charge in [-0.2, -0.15) is 0 Å². The third kappa shape index (κ3) is 5.78. The number of halogens is 1. The second-order valence-electron chi connectivity index (χ2n) is 10.7. The van der Waals surface area contributed by atoms with Crippen molar-refractivity contribution in [1.29, 1.82) is 0 Å². The molecule has 7 nitrogen and oxygen atoms in total. The molecule has 1 aliphatic heterocycles. The summed E-state index contributed by atoms with van der Waals surface area (Å²) in [6.07, 6.45) is -3.43. The largest absolute Gasteiger partial charge is 0.388 e. The van der Waals surface area contributed by atoms with Gasteiger partial charge in [0.15, 0.2) is 6.17 Å². The molecule has 36 heavy (non-hydrogen) atoms. The van der Waals surface area contributed by atoms with E-state index in [4.69, 9.17) is 0 Å². The second kappa shape index (κ2) is 10.7. The van der Waals surface area contributed by atoms with E-state index in [1.165, 1.54) is 17.4 Å². The third-order valence-corrected chi connectivity index (χ3v) is 7.69. The van der Waals surface area contributed by atoms with E-state index in [1.807, 2.05) is 24.4 Å². The van der Waals surface area contributed by atoms with Gasteiger partial charge < -0.3 is 20.6 Å². The van der Waals surface area contributed by atoms with E-state index in [9.17, 15) is 19.5 Å². The molecule has 2 aromatic rings. The van der Waals surface area contributed by atoms with Crippen molar-refractivity contribution in [3.05, 3.63) is 46.3 Å². The van der Waals surface area contributed by atoms with E-state index >= 15 is 4.39 Å². The molecule has 0 aliphatic carbocycles. The number of nitrogens with one attached hydrogen (secondary N) is 2. The van der Waals surface area contributed by atoms with Crippen LogP contribution in [0.5, 0.6) is 0 Å². The van der Waals surface area contributed by atoms with Gasteiger partial charge in [-0.3, -0.25) is 14.4 Å². The summed E-state index contributed by atoms with van der Waals surface area (Å²) in [6, 6.07) is 5.15. The lowest BCUT2D eigenvalue weighted by molar-refractivity contribution is -0.144. The van der Waals surface area contributed by atoms with Gasteiger partial charge in [0.05, 0.1) is 12.6 Å². The van der Waals surface area contributed by atoms with Crippen molar-refractivity contribution in [2.24, 2.45) is 5.41 Å². The van der Waals surface area contributed by atoms with Crippen LogP contribution in [0.4, 0.5) is 4.39 Å². The van der Waals surface area contributed by atoms with Crippen LogP contribution in [0, 0.1) is 19.3 Å². The first kappa shape index (κ1) is 27.8. The Morgan fingerprint density at radius 3 is 2.33 bits per heavy atom. The number of rotatable bonds is 6. The Labute approximate surface area is 216 Å². The van der Waals surface area contributed by atoms with Gasteiger partial charge in [-0.15, -0.1) is 11.3 Å². The molecule has 3 amide bonds. The molecule has 0 bridgehead atoms. The lowest BCUT2D eigenvalue weighted by atomic mass is 9.85. The number of β-amino-alcohol motifs (C(OH)–C–C–N with tert-alkyl or cyclic N) is 1. The maximum absolute atomic E-state index is 15.1. The fourth-order valence-electron chi connectivity index (χ4n) is 4.68. The molecular formula is C27H36FN3O4S. The van der Waals surface area contributed by atoms with Crippen LogP contribution in [0.1, 0.15) is 57.4 Å². The number of aryl methyl sites for hydroxylation is 2. The number of likely N-dealkylation sites (tertiary alicyclic amines) is 1. The normalized spacial score (nSPS) is 21.7. The predicted molar refractivity (Wildman–Crippen MR) is 139 cm³/mol. The molecule has 2 heterocycles. The van der Waals surface area contributed by atoms with Crippen molar-refractivity contribution in [3.63, 3.8) is 0 Å². The third-order valence-electron chi connectivity index (χ3n) is 6.62. The van der Waals surface area contributed by atoms with E-state index in [-0.39, 0.29) is 6.54 Å². The number of nitrogens with zero attached hydrogens (tertiary/aromatic N) is 1. The van der Waals surface area contributed by atoms with Gasteiger partial charge >= 0.3 is 0 Å². The highest BCUT2D eigenvalue weighted by Gasteiger charge is 2.50. The minimum Gasteiger partial charge on any atom is -0.388 e. The van der Waals surface area contributed by atoms with Crippen molar-refractivity contribution < 1.29 is 23.9 Å². The number of aliphatic hydroxyl groups excluding tert-OH is 1. The molecule has 1 fully saturated rings. The molecule has 0 saturated carbocycles. The molecule has 3 N–H and O–H groups in total. The molecule has 0 spiro atoms. The summed E-state index contributed by atoms with van der Waals surface area (Å²) in [6.45, 7) is 12.1. The van der Waals surface area contributed by atoms with Crippen molar-refractivity contribution in [2.75, 3.05) is 6.54 Å². The van der Waals surface area contributed by atoms with Crippen molar-refractivity contribution in [2.45, 2.75) is 78.9 Å². The lowest BCUT2D eigenvalue weighted by Crippen LogP contribution is -2.58. The molecule has 1 saturated heterocycles. The van der Waals surface area contributed by atoms with Crippen LogP contribution in [0.2, 0.25) is 0 Å². The van der Waals surface area contributed by atoms with Crippen LogP contribution >= 0.6 is 11.3 Å². The smallest absolute Gasteiger partial charge is 0.246 e. The summed E-state index contributed by atoms with van der Waals surface area (Å²) >= 11 is 1.67. The molecule has 3 rings (SSSR count). The highest BCUT2D eigenvalue weighted by atomic mass is 32.1. The molecule has 1 aromatic carbocycles. The van der Waals surface area contributed by atoms with Crippen LogP contribution in [-0.2, 0) is 14.4 Å². The molecule has 9 heteroatoms. The van der Waals surface area contributed by atoms with Crippen LogP contribution in [0.25, 0.3) is 10.4 Å². The zero-order valence-corrected chi connectivity index (χ0v) is 22.7. The molecule has 5 atom stereocenters. The number of alkyl halides is 1. The number of thiophene rings is 1. The summed E-state index contributed by atoms with van der Waals surface area (Å²) in [4.78, 5) is 40.6. The number of carbonyl (C=O) groups is 3. The van der Waals surface area contributed by atoms with E-state index in [0.29, 0.717) is 0 Å². The highest BCUT2D eigenvalue weighted by Crippen LogP contribution is 2.32. The zero-order valence-electron chi connectivity index (χ0n) is 21.9. The highest BCUT2D eigenvalue weighted by molar-refractivity contribution is 7.13. The molecule has 1 aromatic heterocycles. The average molecular weight is 518 g/mol. The summed E-state index contributed by atoms with van der Waals surface area (Å²) in [5.74, 6) is -1.70. The minimum absolute atomic E-state index is 0.327. The van der Waals surface area contributed by atoms with Crippen LogP contribution < -0.4 is 10.6 Å². The Bertz CT molecular complexity index is 1140. The van der Waals surface area contributed by atoms with E-state index < -0.39 is 53.5 Å². The van der Waals surface area contributed by atoms with Gasteiger partial charge in [-0.05, 0) is 59.9 Å². The molecular weight excluding hydrogens is 481 g/mol. The van der Waals surface area contributed by atoms with Crippen LogP contribution in [-0.4, -0.2) is 58.6 Å². The number of hydrogen-bond acceptors (Lipinski definition) is 5. The molecule has 0 radical (unpaired) electrons. The van der Waals surface area contributed by atoms with Crippen molar-refractivity contribution in [3.8, 4) is 10.4 Å². The first-order valence-electron chi connectivity index (χ1n) is 12.1. The number of amides is 3. The maximum Gasteiger partial charge on any atom is 0.246 e. The lowest BCUT2D eigenvalue weighted by Gasteiger charge is -2.35. The quantitative estimate of drug-likeness (QED) is 0.545. The Hall–Kier alpha value is -2.78. The molecule has 0 unspecified atom stereocenters. The van der Waals surface area contributed by atoms with Gasteiger partial charge in [-0.25, -0.2) is 4.39 Å². The van der Waals surface area contributed by atoms with E-state index in [2.05, 4.69) is 29.7 Å². The fourth-order valence-corrected chi connectivity index (χ4v) is 5.60. The molecule has 1 aliphatic rings. The minimum atomic E-state index is -1.94. The summed E-state index contributed by atoms with van der Waals surface area (Å²) in [5.41, 5.74) is 3.45. The molecule has 196 valence electrons. The van der Waals surface area contributed by atoms with Gasteiger partial charge in [0.1, 0.15) is 18.2 Å². The predicted octanol–water partition coefficient (Wildman–Crippen LogP) is 3.67. The van der Waals surface area contributed by atoms with Gasteiger partial charge in [0.2, 0.25) is 17.7 Å². The number of carbonyl (C=O) groups excluding carboxylic acids is 3. The monoisotopic (exact) mass is 517 g/mol. The SMILES string of the molecule is CC(=O)N[C@H](C(=O)N1C[C@H](O)[C@H](F)[C@H]1C(=O)N[C@@H](C)c1ccc(-c2sccc2C)cc1C)C(C)(C)C. The Morgan fingerprint density at radius 1 is 1.14 bits per heavy atom. The Balaban J connectivity index is 1.81. The maximum atomic E-state index is 15.1. The zero-order chi connectivity index (χ0) is 26.9. The second-order valence-corrected chi connectivity index (χ2v) is 11.6. The summed E-state index contributed by atoms with van der Waals surface area (Å²) < 4.78 is 15.1.